The Hall–Kier alpha value is -0.570. The van der Waals surface area contributed by atoms with Gasteiger partial charge in [-0.05, 0) is 28.1 Å². The molecule has 0 fully saturated rings. The van der Waals surface area contributed by atoms with Gasteiger partial charge in [-0.25, -0.2) is 21.9 Å². The molecule has 0 saturated carbocycles. The summed E-state index contributed by atoms with van der Waals surface area (Å²) in [5.74, 6) is 0. The molecule has 0 aromatic heterocycles. The Kier molecular flexibility index (Phi) is 4.99. The summed E-state index contributed by atoms with van der Waals surface area (Å²) in [6.45, 7) is -0.735. The van der Waals surface area contributed by atoms with Crippen molar-refractivity contribution in [2.45, 2.75) is 17.4 Å². The third-order valence-electron chi connectivity index (χ3n) is 1.90. The summed E-state index contributed by atoms with van der Waals surface area (Å²) in [7, 11) is -3.91. The summed E-state index contributed by atoms with van der Waals surface area (Å²) in [6.07, 6.45) is -5.01. The zero-order chi connectivity index (χ0) is 13.1. The van der Waals surface area contributed by atoms with Crippen molar-refractivity contribution in [3.63, 3.8) is 0 Å². The maximum atomic E-state index is 12.0. The van der Waals surface area contributed by atoms with Crippen LogP contribution in [0.2, 0.25) is 0 Å². The molecule has 0 radical (unpaired) electrons. The molecule has 96 valence electrons. The number of aliphatic hydroxyl groups excluding tert-OH is 1. The second kappa shape index (κ2) is 5.85. The van der Waals surface area contributed by atoms with E-state index in [1.807, 2.05) is 4.72 Å². The van der Waals surface area contributed by atoms with Crippen molar-refractivity contribution in [2.24, 2.45) is 0 Å². The monoisotopic (exact) mass is 329 g/mol. The van der Waals surface area contributed by atoms with Crippen LogP contribution in [0.1, 0.15) is 0 Å². The molecule has 2 N–H and O–H groups in total. The molecule has 1 rings (SSSR count). The molecule has 0 saturated heterocycles. The number of rotatable bonds is 5. The predicted molar refractivity (Wildman–Crippen MR) is 61.3 cm³/mol. The number of hydrogen-bond acceptors (Lipinski definition) is 3. The second-order valence-corrected chi connectivity index (χ2v) is 5.77. The van der Waals surface area contributed by atoms with Gasteiger partial charge < -0.3 is 5.11 Å². The molecule has 1 aromatic carbocycles. The lowest BCUT2D eigenvalue weighted by Crippen LogP contribution is -2.35. The van der Waals surface area contributed by atoms with Gasteiger partial charge in [0.15, 0.2) is 0 Å². The molecular formula is C9H10BrF2NO3S. The van der Waals surface area contributed by atoms with Gasteiger partial charge in [0.05, 0.1) is 4.90 Å². The average Bonchev–Trinajstić information content (AvgIpc) is 2.26. The first kappa shape index (κ1) is 14.5. The van der Waals surface area contributed by atoms with Gasteiger partial charge in [0.2, 0.25) is 10.0 Å². The highest BCUT2D eigenvalue weighted by molar-refractivity contribution is 9.10. The lowest BCUT2D eigenvalue weighted by Gasteiger charge is -2.11. The first-order valence-corrected chi connectivity index (χ1v) is 6.82. The van der Waals surface area contributed by atoms with Crippen LogP contribution in [0, 0.1) is 0 Å². The van der Waals surface area contributed by atoms with Gasteiger partial charge in [-0.3, -0.25) is 0 Å². The third-order valence-corrected chi connectivity index (χ3v) is 4.34. The van der Waals surface area contributed by atoms with E-state index in [0.717, 1.165) is 0 Å². The van der Waals surface area contributed by atoms with Gasteiger partial charge in [-0.2, -0.15) is 0 Å². The molecule has 0 aliphatic heterocycles. The number of alkyl halides is 2. The van der Waals surface area contributed by atoms with Crippen LogP contribution in [0.25, 0.3) is 0 Å². The number of nitrogens with one attached hydrogen (secondary N) is 1. The Morgan fingerprint density at radius 1 is 1.35 bits per heavy atom. The quantitative estimate of drug-likeness (QED) is 0.857. The van der Waals surface area contributed by atoms with Crippen LogP contribution in [0.5, 0.6) is 0 Å². The summed E-state index contributed by atoms with van der Waals surface area (Å²) in [5.41, 5.74) is 0. The van der Waals surface area contributed by atoms with E-state index in [1.54, 1.807) is 6.07 Å². The molecule has 0 spiro atoms. The fourth-order valence-electron chi connectivity index (χ4n) is 1.02. The van der Waals surface area contributed by atoms with E-state index in [0.29, 0.717) is 4.47 Å². The SMILES string of the molecule is O=S(=O)(NCC(O)C(F)F)c1ccccc1Br. The predicted octanol–water partition coefficient (Wildman–Crippen LogP) is 1.35. The maximum Gasteiger partial charge on any atom is 0.265 e. The van der Waals surface area contributed by atoms with Crippen LogP contribution in [-0.2, 0) is 10.0 Å². The third kappa shape index (κ3) is 3.98. The zero-order valence-corrected chi connectivity index (χ0v) is 10.9. The van der Waals surface area contributed by atoms with Crippen LogP contribution in [-0.4, -0.2) is 32.6 Å². The molecule has 17 heavy (non-hydrogen) atoms. The first-order valence-electron chi connectivity index (χ1n) is 4.55. The van der Waals surface area contributed by atoms with Crippen molar-refractivity contribution in [1.29, 1.82) is 0 Å². The molecule has 0 heterocycles. The molecule has 0 aliphatic carbocycles. The molecule has 4 nitrogen and oxygen atoms in total. The smallest absolute Gasteiger partial charge is 0.265 e. The van der Waals surface area contributed by atoms with Gasteiger partial charge >= 0.3 is 0 Å². The lowest BCUT2D eigenvalue weighted by molar-refractivity contribution is -0.000452. The number of sulfonamides is 1. The zero-order valence-electron chi connectivity index (χ0n) is 8.48. The van der Waals surface area contributed by atoms with Crippen LogP contribution < -0.4 is 4.72 Å². The van der Waals surface area contributed by atoms with Crippen LogP contribution in [0.4, 0.5) is 8.78 Å². The van der Waals surface area contributed by atoms with Gasteiger partial charge in [-0.1, -0.05) is 12.1 Å². The molecular weight excluding hydrogens is 320 g/mol. The van der Waals surface area contributed by atoms with E-state index in [9.17, 15) is 17.2 Å². The van der Waals surface area contributed by atoms with E-state index in [1.165, 1.54) is 18.2 Å². The van der Waals surface area contributed by atoms with E-state index < -0.39 is 29.1 Å². The van der Waals surface area contributed by atoms with Crippen molar-refractivity contribution >= 4 is 26.0 Å². The molecule has 0 bridgehead atoms. The standard InChI is InChI=1S/C9H10BrF2NO3S/c10-6-3-1-2-4-8(6)17(15,16)13-5-7(14)9(11)12/h1-4,7,9,13-14H,5H2. The largest absolute Gasteiger partial charge is 0.386 e. The van der Waals surface area contributed by atoms with Crippen LogP contribution in [0.3, 0.4) is 0 Å². The topological polar surface area (TPSA) is 66.4 Å². The summed E-state index contributed by atoms with van der Waals surface area (Å²) in [4.78, 5) is -0.0681. The Morgan fingerprint density at radius 2 is 1.94 bits per heavy atom. The van der Waals surface area contributed by atoms with Crippen molar-refractivity contribution in [3.05, 3.63) is 28.7 Å². The van der Waals surface area contributed by atoms with E-state index in [2.05, 4.69) is 15.9 Å². The number of halogens is 3. The van der Waals surface area contributed by atoms with E-state index >= 15 is 0 Å². The van der Waals surface area contributed by atoms with Gasteiger partial charge in [-0.15, -0.1) is 0 Å². The highest BCUT2D eigenvalue weighted by Crippen LogP contribution is 2.20. The number of benzene rings is 1. The molecule has 1 unspecified atom stereocenters. The molecule has 0 aliphatic rings. The van der Waals surface area contributed by atoms with Crippen molar-refractivity contribution in [2.75, 3.05) is 6.54 Å². The lowest BCUT2D eigenvalue weighted by atomic mass is 10.4. The van der Waals surface area contributed by atoms with Crippen LogP contribution in [0.15, 0.2) is 33.6 Å². The normalized spacial score (nSPS) is 13.9. The summed E-state index contributed by atoms with van der Waals surface area (Å²) >= 11 is 3.04. The minimum atomic E-state index is -3.91. The van der Waals surface area contributed by atoms with E-state index in [4.69, 9.17) is 5.11 Å². The fourth-order valence-corrected chi connectivity index (χ4v) is 3.08. The Labute approximate surface area is 106 Å². The van der Waals surface area contributed by atoms with Crippen molar-refractivity contribution in [1.82, 2.24) is 4.72 Å². The fraction of sp³-hybridized carbons (Fsp3) is 0.333. The minimum Gasteiger partial charge on any atom is -0.386 e. The maximum absolute atomic E-state index is 12.0. The summed E-state index contributed by atoms with van der Waals surface area (Å²) < 4.78 is 49.6. The Balaban J connectivity index is 2.80. The van der Waals surface area contributed by atoms with Crippen molar-refractivity contribution in [3.8, 4) is 0 Å². The highest BCUT2D eigenvalue weighted by atomic mass is 79.9. The highest BCUT2D eigenvalue weighted by Gasteiger charge is 2.22. The number of hydrogen-bond donors (Lipinski definition) is 2. The minimum absolute atomic E-state index is 0.0681. The molecule has 1 aromatic rings. The Morgan fingerprint density at radius 3 is 2.47 bits per heavy atom. The molecule has 0 amide bonds. The van der Waals surface area contributed by atoms with Crippen LogP contribution >= 0.6 is 15.9 Å². The summed E-state index contributed by atoms with van der Waals surface area (Å²) in [5, 5.41) is 8.82. The molecule has 8 heteroatoms. The second-order valence-electron chi connectivity index (χ2n) is 3.18. The number of aliphatic hydroxyl groups is 1. The van der Waals surface area contributed by atoms with Crippen molar-refractivity contribution < 1.29 is 22.3 Å². The van der Waals surface area contributed by atoms with Gasteiger partial charge in [0.1, 0.15) is 6.10 Å². The molecule has 1 atom stereocenters. The van der Waals surface area contributed by atoms with Gasteiger partial charge in [0.25, 0.3) is 6.43 Å². The van der Waals surface area contributed by atoms with Gasteiger partial charge in [0, 0.05) is 11.0 Å². The van der Waals surface area contributed by atoms with E-state index in [-0.39, 0.29) is 4.90 Å². The summed E-state index contributed by atoms with van der Waals surface area (Å²) in [6, 6.07) is 5.96. The Bertz CT molecular complexity index is 481. The first-order chi connectivity index (χ1) is 7.84. The average molecular weight is 330 g/mol.